The van der Waals surface area contributed by atoms with Gasteiger partial charge in [-0.3, -0.25) is 4.79 Å². The number of piperidine rings is 1. The molecule has 5 heteroatoms. The zero-order valence-corrected chi connectivity index (χ0v) is 11.2. The minimum absolute atomic E-state index is 0.0602. The van der Waals surface area contributed by atoms with Crippen molar-refractivity contribution in [2.24, 2.45) is 5.41 Å². The predicted molar refractivity (Wildman–Crippen MR) is 68.6 cm³/mol. The van der Waals surface area contributed by atoms with Gasteiger partial charge in [-0.15, -0.1) is 0 Å². The molecular formula is C13H25NO4. The van der Waals surface area contributed by atoms with Crippen molar-refractivity contribution in [1.82, 2.24) is 4.90 Å². The number of carbonyl (C=O) groups is 1. The normalized spacial score (nSPS) is 25.2. The number of likely N-dealkylation sites (tertiary alicyclic amines) is 1. The van der Waals surface area contributed by atoms with Crippen molar-refractivity contribution in [2.75, 3.05) is 40.0 Å². The van der Waals surface area contributed by atoms with E-state index in [0.29, 0.717) is 6.54 Å². The highest BCUT2D eigenvalue weighted by atomic mass is 16.5. The van der Waals surface area contributed by atoms with Crippen LogP contribution in [0.15, 0.2) is 0 Å². The molecule has 1 heterocycles. The van der Waals surface area contributed by atoms with Gasteiger partial charge in [-0.2, -0.15) is 0 Å². The molecule has 0 aromatic rings. The number of methoxy groups -OCH3 is 1. The highest BCUT2D eigenvalue weighted by Gasteiger charge is 2.34. The molecule has 2 N–H and O–H groups in total. The molecule has 5 nitrogen and oxygen atoms in total. The van der Waals surface area contributed by atoms with E-state index in [-0.39, 0.29) is 18.4 Å². The van der Waals surface area contributed by atoms with Gasteiger partial charge in [-0.1, -0.05) is 0 Å². The lowest BCUT2D eigenvalue weighted by atomic mass is 9.77. The SMILES string of the molecule is COCCC[C@]1(CO)CCCN(CCC(=O)O)C1. The number of nitrogens with zero attached hydrogens (tertiary/aromatic N) is 1. The molecule has 0 radical (unpaired) electrons. The first-order valence-corrected chi connectivity index (χ1v) is 6.66. The van der Waals surface area contributed by atoms with E-state index in [9.17, 15) is 9.90 Å². The molecule has 0 saturated carbocycles. The van der Waals surface area contributed by atoms with Crippen LogP contribution < -0.4 is 0 Å². The summed E-state index contributed by atoms with van der Waals surface area (Å²) in [4.78, 5) is 12.8. The Bertz CT molecular complexity index is 259. The number of aliphatic hydroxyl groups excluding tert-OH is 1. The van der Waals surface area contributed by atoms with Gasteiger partial charge in [-0.25, -0.2) is 0 Å². The highest BCUT2D eigenvalue weighted by molar-refractivity contribution is 5.66. The zero-order valence-electron chi connectivity index (χ0n) is 11.2. The van der Waals surface area contributed by atoms with Gasteiger partial charge >= 0.3 is 5.97 Å². The molecule has 0 spiro atoms. The lowest BCUT2D eigenvalue weighted by Crippen LogP contribution is -2.46. The molecule has 1 rings (SSSR count). The Morgan fingerprint density at radius 3 is 2.89 bits per heavy atom. The van der Waals surface area contributed by atoms with E-state index in [1.807, 2.05) is 0 Å². The molecule has 0 aliphatic carbocycles. The summed E-state index contributed by atoms with van der Waals surface area (Å²) < 4.78 is 5.06. The molecule has 1 aliphatic rings. The number of aliphatic carboxylic acids is 1. The quantitative estimate of drug-likeness (QED) is 0.635. The third kappa shape index (κ3) is 4.92. The molecule has 1 fully saturated rings. The van der Waals surface area contributed by atoms with Gasteiger partial charge in [0.1, 0.15) is 0 Å². The van der Waals surface area contributed by atoms with Gasteiger partial charge in [0.05, 0.1) is 6.42 Å². The fraction of sp³-hybridized carbons (Fsp3) is 0.923. The fourth-order valence-corrected chi connectivity index (χ4v) is 2.76. The van der Waals surface area contributed by atoms with E-state index in [0.717, 1.165) is 45.4 Å². The van der Waals surface area contributed by atoms with Crippen LogP contribution in [0.1, 0.15) is 32.1 Å². The molecule has 0 unspecified atom stereocenters. The topological polar surface area (TPSA) is 70.0 Å². The average Bonchev–Trinajstić information content (AvgIpc) is 2.37. The maximum Gasteiger partial charge on any atom is 0.304 e. The van der Waals surface area contributed by atoms with Crippen molar-refractivity contribution in [3.63, 3.8) is 0 Å². The van der Waals surface area contributed by atoms with Gasteiger partial charge in [0.2, 0.25) is 0 Å². The first-order valence-electron chi connectivity index (χ1n) is 6.66. The summed E-state index contributed by atoms with van der Waals surface area (Å²) in [6.07, 6.45) is 4.13. The lowest BCUT2D eigenvalue weighted by molar-refractivity contribution is -0.137. The number of hydrogen-bond donors (Lipinski definition) is 2. The smallest absolute Gasteiger partial charge is 0.304 e. The molecule has 106 valence electrons. The van der Waals surface area contributed by atoms with E-state index >= 15 is 0 Å². The summed E-state index contributed by atoms with van der Waals surface area (Å²) in [5, 5.41) is 18.4. The predicted octanol–water partition coefficient (Wildman–Crippen LogP) is 0.962. The zero-order chi connectivity index (χ0) is 13.4. The van der Waals surface area contributed by atoms with Gasteiger partial charge in [0, 0.05) is 38.8 Å². The van der Waals surface area contributed by atoms with E-state index in [1.54, 1.807) is 7.11 Å². The Balaban J connectivity index is 2.44. The maximum absolute atomic E-state index is 10.6. The van der Waals surface area contributed by atoms with Gasteiger partial charge in [-0.05, 0) is 32.2 Å². The standard InChI is InChI=1S/C13H25NO4/c1-18-9-3-6-13(11-15)5-2-7-14(10-13)8-4-12(16)17/h15H,2-11H2,1H3,(H,16,17)/t13-/m1/s1. The number of rotatable bonds is 8. The Hall–Kier alpha value is -0.650. The molecule has 1 atom stereocenters. The van der Waals surface area contributed by atoms with Crippen LogP contribution in [0, 0.1) is 5.41 Å². The summed E-state index contributed by atoms with van der Waals surface area (Å²) in [6.45, 7) is 3.23. The van der Waals surface area contributed by atoms with Crippen LogP contribution in [0.4, 0.5) is 0 Å². The van der Waals surface area contributed by atoms with E-state index in [4.69, 9.17) is 9.84 Å². The second-order valence-corrected chi connectivity index (χ2v) is 5.28. The third-order valence-corrected chi connectivity index (χ3v) is 3.77. The number of hydrogen-bond acceptors (Lipinski definition) is 4. The van der Waals surface area contributed by atoms with Crippen LogP contribution in [-0.4, -0.2) is 61.0 Å². The van der Waals surface area contributed by atoms with Gasteiger partial charge in [0.25, 0.3) is 0 Å². The third-order valence-electron chi connectivity index (χ3n) is 3.77. The minimum Gasteiger partial charge on any atom is -0.481 e. The lowest BCUT2D eigenvalue weighted by Gasteiger charge is -2.42. The number of ether oxygens (including phenoxy) is 1. The summed E-state index contributed by atoms with van der Waals surface area (Å²) in [5.74, 6) is -0.755. The van der Waals surface area contributed by atoms with Crippen molar-refractivity contribution in [3.05, 3.63) is 0 Å². The van der Waals surface area contributed by atoms with Crippen LogP contribution in [-0.2, 0) is 9.53 Å². The van der Waals surface area contributed by atoms with Gasteiger partial charge < -0.3 is 19.8 Å². The Kier molecular flexibility index (Phi) is 6.60. The second-order valence-electron chi connectivity index (χ2n) is 5.28. The van der Waals surface area contributed by atoms with E-state index in [2.05, 4.69) is 4.90 Å². The Morgan fingerprint density at radius 1 is 1.50 bits per heavy atom. The summed E-state index contributed by atoms with van der Waals surface area (Å²) in [6, 6.07) is 0. The van der Waals surface area contributed by atoms with Crippen molar-refractivity contribution >= 4 is 5.97 Å². The van der Waals surface area contributed by atoms with Crippen LogP contribution in [0.25, 0.3) is 0 Å². The van der Waals surface area contributed by atoms with Crippen LogP contribution in [0.5, 0.6) is 0 Å². The maximum atomic E-state index is 10.6. The Labute approximate surface area is 109 Å². The molecule has 0 bridgehead atoms. The van der Waals surface area contributed by atoms with Crippen LogP contribution in [0.2, 0.25) is 0 Å². The van der Waals surface area contributed by atoms with Gasteiger partial charge in [0.15, 0.2) is 0 Å². The number of aliphatic hydroxyl groups is 1. The number of carboxylic acid groups (broad SMARTS) is 1. The number of carboxylic acids is 1. The molecule has 0 aromatic heterocycles. The largest absolute Gasteiger partial charge is 0.481 e. The fourth-order valence-electron chi connectivity index (χ4n) is 2.76. The molecular weight excluding hydrogens is 234 g/mol. The Morgan fingerprint density at radius 2 is 2.28 bits per heavy atom. The summed E-state index contributed by atoms with van der Waals surface area (Å²) in [7, 11) is 1.69. The summed E-state index contributed by atoms with van der Waals surface area (Å²) in [5.41, 5.74) is -0.0602. The highest BCUT2D eigenvalue weighted by Crippen LogP contribution is 2.34. The van der Waals surface area contributed by atoms with E-state index in [1.165, 1.54) is 0 Å². The second kappa shape index (κ2) is 7.71. The van der Waals surface area contributed by atoms with Crippen molar-refractivity contribution in [2.45, 2.75) is 32.1 Å². The molecule has 18 heavy (non-hydrogen) atoms. The van der Waals surface area contributed by atoms with Crippen LogP contribution in [0.3, 0.4) is 0 Å². The molecule has 1 aliphatic heterocycles. The molecule has 0 amide bonds. The minimum atomic E-state index is -0.755. The molecule has 0 aromatic carbocycles. The van der Waals surface area contributed by atoms with Crippen LogP contribution >= 0.6 is 0 Å². The molecule has 1 saturated heterocycles. The summed E-state index contributed by atoms with van der Waals surface area (Å²) >= 11 is 0. The average molecular weight is 259 g/mol. The van der Waals surface area contributed by atoms with E-state index < -0.39 is 5.97 Å². The monoisotopic (exact) mass is 259 g/mol. The van der Waals surface area contributed by atoms with Crippen molar-refractivity contribution in [3.8, 4) is 0 Å². The first kappa shape index (κ1) is 15.4. The first-order chi connectivity index (χ1) is 8.62. The van der Waals surface area contributed by atoms with Crippen molar-refractivity contribution < 1.29 is 19.7 Å². The van der Waals surface area contributed by atoms with Crippen molar-refractivity contribution in [1.29, 1.82) is 0 Å².